The third kappa shape index (κ3) is 6.84. The van der Waals surface area contributed by atoms with Gasteiger partial charge in [-0.25, -0.2) is 0 Å². The Kier molecular flexibility index (Phi) is 8.04. The second-order valence-electron chi connectivity index (χ2n) is 7.69. The Balaban J connectivity index is 1.37. The highest BCUT2D eigenvalue weighted by molar-refractivity contribution is 5.88. The van der Waals surface area contributed by atoms with Gasteiger partial charge in [0.05, 0.1) is 0 Å². The summed E-state index contributed by atoms with van der Waals surface area (Å²) in [4.78, 5) is 38.9. The summed E-state index contributed by atoms with van der Waals surface area (Å²) in [6, 6.07) is 18.2. The van der Waals surface area contributed by atoms with Gasteiger partial charge in [0.1, 0.15) is 11.8 Å². The van der Waals surface area contributed by atoms with Gasteiger partial charge in [-0.15, -0.1) is 0 Å². The monoisotopic (exact) mass is 423 g/mol. The minimum atomic E-state index is -0.616. The van der Waals surface area contributed by atoms with E-state index in [0.717, 1.165) is 5.56 Å². The van der Waals surface area contributed by atoms with E-state index in [2.05, 4.69) is 10.6 Å². The number of piperidine rings is 1. The van der Waals surface area contributed by atoms with Crippen LogP contribution in [0, 0.1) is 5.92 Å². The number of benzene rings is 2. The van der Waals surface area contributed by atoms with Gasteiger partial charge in [-0.2, -0.15) is 0 Å². The van der Waals surface area contributed by atoms with Crippen molar-refractivity contribution in [3.05, 3.63) is 66.2 Å². The van der Waals surface area contributed by atoms with E-state index < -0.39 is 6.04 Å². The fourth-order valence-electron chi connectivity index (χ4n) is 3.48. The summed E-state index contributed by atoms with van der Waals surface area (Å²) in [5, 5.41) is 5.63. The van der Waals surface area contributed by atoms with Crippen molar-refractivity contribution in [2.24, 2.45) is 5.92 Å². The Morgan fingerprint density at radius 1 is 1.00 bits per heavy atom. The molecule has 0 radical (unpaired) electrons. The predicted molar refractivity (Wildman–Crippen MR) is 117 cm³/mol. The Morgan fingerprint density at radius 3 is 2.26 bits per heavy atom. The van der Waals surface area contributed by atoms with Crippen molar-refractivity contribution >= 4 is 17.7 Å². The SMILES string of the molecule is CC(NC(=O)C1CCN(C(=O)COc2ccccc2)CC1)C(=O)NCc1ccccc1. The molecule has 7 heteroatoms. The molecule has 3 amide bonds. The first-order chi connectivity index (χ1) is 15.0. The van der Waals surface area contributed by atoms with E-state index in [1.807, 2.05) is 48.5 Å². The van der Waals surface area contributed by atoms with Gasteiger partial charge in [0.2, 0.25) is 11.8 Å². The van der Waals surface area contributed by atoms with E-state index in [1.165, 1.54) is 0 Å². The lowest BCUT2D eigenvalue weighted by Crippen LogP contribution is -2.49. The summed E-state index contributed by atoms with van der Waals surface area (Å²) in [6.07, 6.45) is 1.14. The van der Waals surface area contributed by atoms with Gasteiger partial charge in [-0.1, -0.05) is 48.5 Å². The number of para-hydroxylation sites is 1. The number of amides is 3. The van der Waals surface area contributed by atoms with Crippen molar-refractivity contribution in [2.45, 2.75) is 32.4 Å². The minimum absolute atomic E-state index is 0.0144. The number of ether oxygens (including phenoxy) is 1. The number of hydrogen-bond donors (Lipinski definition) is 2. The fourth-order valence-corrected chi connectivity index (χ4v) is 3.48. The summed E-state index contributed by atoms with van der Waals surface area (Å²) in [5.41, 5.74) is 1.00. The van der Waals surface area contributed by atoms with Gasteiger partial charge >= 0.3 is 0 Å². The smallest absolute Gasteiger partial charge is 0.260 e. The van der Waals surface area contributed by atoms with Crippen LogP contribution in [0.15, 0.2) is 60.7 Å². The van der Waals surface area contributed by atoms with Gasteiger partial charge < -0.3 is 20.3 Å². The molecule has 1 fully saturated rings. The lowest BCUT2D eigenvalue weighted by atomic mass is 9.95. The van der Waals surface area contributed by atoms with E-state index in [9.17, 15) is 14.4 Å². The summed E-state index contributed by atoms with van der Waals surface area (Å²) < 4.78 is 5.51. The third-order valence-corrected chi connectivity index (χ3v) is 5.39. The van der Waals surface area contributed by atoms with Crippen LogP contribution in [0.4, 0.5) is 0 Å². The molecule has 1 heterocycles. The zero-order valence-corrected chi connectivity index (χ0v) is 17.8. The summed E-state index contributed by atoms with van der Waals surface area (Å²) in [6.45, 7) is 3.09. The van der Waals surface area contributed by atoms with Crippen LogP contribution in [0.3, 0.4) is 0 Å². The lowest BCUT2D eigenvalue weighted by molar-refractivity contribution is -0.137. The molecule has 1 aliphatic rings. The molecule has 164 valence electrons. The second-order valence-corrected chi connectivity index (χ2v) is 7.69. The lowest BCUT2D eigenvalue weighted by Gasteiger charge is -2.31. The van der Waals surface area contributed by atoms with Crippen molar-refractivity contribution in [1.82, 2.24) is 15.5 Å². The average Bonchev–Trinajstić information content (AvgIpc) is 2.82. The minimum Gasteiger partial charge on any atom is -0.484 e. The fraction of sp³-hybridized carbons (Fsp3) is 0.375. The molecule has 7 nitrogen and oxygen atoms in total. The van der Waals surface area contributed by atoms with Crippen molar-refractivity contribution in [1.29, 1.82) is 0 Å². The highest BCUT2D eigenvalue weighted by atomic mass is 16.5. The Bertz CT molecular complexity index is 865. The first kappa shape index (κ1) is 22.3. The zero-order chi connectivity index (χ0) is 22.1. The van der Waals surface area contributed by atoms with Gasteiger partial charge in [-0.05, 0) is 37.5 Å². The molecule has 2 aromatic rings. The second kappa shape index (κ2) is 11.2. The van der Waals surface area contributed by atoms with Crippen molar-refractivity contribution < 1.29 is 19.1 Å². The number of likely N-dealkylation sites (tertiary alicyclic amines) is 1. The highest BCUT2D eigenvalue weighted by Crippen LogP contribution is 2.18. The van der Waals surface area contributed by atoms with E-state index in [4.69, 9.17) is 4.74 Å². The molecule has 2 aromatic carbocycles. The van der Waals surface area contributed by atoms with Crippen LogP contribution in [-0.2, 0) is 20.9 Å². The molecule has 2 N–H and O–H groups in total. The first-order valence-corrected chi connectivity index (χ1v) is 10.6. The number of hydrogen-bond acceptors (Lipinski definition) is 4. The summed E-state index contributed by atoms with van der Waals surface area (Å²) in [5.74, 6) is 0.00218. The van der Waals surface area contributed by atoms with Gasteiger partial charge in [0.25, 0.3) is 5.91 Å². The predicted octanol–water partition coefficient (Wildman–Crippen LogP) is 2.13. The van der Waals surface area contributed by atoms with Crippen molar-refractivity contribution in [3.8, 4) is 5.75 Å². The first-order valence-electron chi connectivity index (χ1n) is 10.6. The molecular formula is C24H29N3O4. The Labute approximate surface area is 182 Å². The summed E-state index contributed by atoms with van der Waals surface area (Å²) in [7, 11) is 0. The Morgan fingerprint density at radius 2 is 1.61 bits per heavy atom. The molecule has 0 saturated carbocycles. The van der Waals surface area contributed by atoms with Crippen LogP contribution in [-0.4, -0.2) is 48.4 Å². The van der Waals surface area contributed by atoms with Crippen LogP contribution in [0.25, 0.3) is 0 Å². The van der Waals surface area contributed by atoms with E-state index in [1.54, 1.807) is 24.0 Å². The number of nitrogens with one attached hydrogen (secondary N) is 2. The maximum absolute atomic E-state index is 12.6. The normalized spacial score (nSPS) is 15.1. The van der Waals surface area contributed by atoms with Crippen LogP contribution in [0.5, 0.6) is 5.75 Å². The van der Waals surface area contributed by atoms with Crippen molar-refractivity contribution in [3.63, 3.8) is 0 Å². The molecule has 3 rings (SSSR count). The molecule has 1 saturated heterocycles. The van der Waals surface area contributed by atoms with Crippen LogP contribution >= 0.6 is 0 Å². The zero-order valence-electron chi connectivity index (χ0n) is 17.8. The highest BCUT2D eigenvalue weighted by Gasteiger charge is 2.29. The molecule has 0 spiro atoms. The van der Waals surface area contributed by atoms with Gasteiger partial charge in [0.15, 0.2) is 6.61 Å². The van der Waals surface area contributed by atoms with Gasteiger partial charge in [-0.3, -0.25) is 14.4 Å². The number of nitrogens with zero attached hydrogens (tertiary/aromatic N) is 1. The van der Waals surface area contributed by atoms with Crippen LogP contribution < -0.4 is 15.4 Å². The maximum atomic E-state index is 12.6. The van der Waals surface area contributed by atoms with Crippen LogP contribution in [0.1, 0.15) is 25.3 Å². The van der Waals surface area contributed by atoms with E-state index in [-0.39, 0.29) is 30.2 Å². The average molecular weight is 424 g/mol. The molecule has 1 aliphatic heterocycles. The van der Waals surface area contributed by atoms with Gasteiger partial charge in [0, 0.05) is 25.6 Å². The third-order valence-electron chi connectivity index (χ3n) is 5.39. The molecule has 1 unspecified atom stereocenters. The maximum Gasteiger partial charge on any atom is 0.260 e. The van der Waals surface area contributed by atoms with E-state index in [0.29, 0.717) is 38.2 Å². The Hall–Kier alpha value is -3.35. The standard InChI is InChI=1S/C24H29N3O4/c1-18(23(29)25-16-19-8-4-2-5-9-19)26-24(30)20-12-14-27(15-13-20)22(28)17-31-21-10-6-3-7-11-21/h2-11,18,20H,12-17H2,1H3,(H,25,29)(H,26,30). The van der Waals surface area contributed by atoms with Crippen molar-refractivity contribution in [2.75, 3.05) is 19.7 Å². The van der Waals surface area contributed by atoms with E-state index >= 15 is 0 Å². The molecule has 31 heavy (non-hydrogen) atoms. The quantitative estimate of drug-likeness (QED) is 0.681. The molecular weight excluding hydrogens is 394 g/mol. The number of carbonyl (C=O) groups excluding carboxylic acids is 3. The largest absolute Gasteiger partial charge is 0.484 e. The molecule has 1 atom stereocenters. The molecule has 0 bridgehead atoms. The number of rotatable bonds is 8. The summed E-state index contributed by atoms with van der Waals surface area (Å²) >= 11 is 0. The topological polar surface area (TPSA) is 87.7 Å². The number of carbonyl (C=O) groups is 3. The molecule has 0 aromatic heterocycles. The van der Waals surface area contributed by atoms with Crippen LogP contribution in [0.2, 0.25) is 0 Å². The molecule has 0 aliphatic carbocycles.